The molecule has 0 aliphatic carbocycles. The van der Waals surface area contributed by atoms with E-state index in [4.69, 9.17) is 14.6 Å². The summed E-state index contributed by atoms with van der Waals surface area (Å²) in [5.41, 5.74) is 0.776. The molecule has 1 aliphatic heterocycles. The lowest BCUT2D eigenvalue weighted by molar-refractivity contribution is -0.155. The largest absolute Gasteiger partial charge is 0.463 e. The number of carbonyl (C=O) groups excluding carboxylic acids is 4. The minimum atomic E-state index is -1.20. The zero-order valence-electron chi connectivity index (χ0n) is 19.5. The molecule has 3 unspecified atom stereocenters. The van der Waals surface area contributed by atoms with Gasteiger partial charge >= 0.3 is 11.9 Å². The molecule has 1 aliphatic rings. The second kappa shape index (κ2) is 14.8. The van der Waals surface area contributed by atoms with Crippen molar-refractivity contribution in [1.82, 2.24) is 10.6 Å². The molecule has 0 fully saturated rings. The highest BCUT2D eigenvalue weighted by molar-refractivity contribution is 5.89. The van der Waals surface area contributed by atoms with Crippen LogP contribution < -0.4 is 10.6 Å². The molecule has 0 saturated carbocycles. The summed E-state index contributed by atoms with van der Waals surface area (Å²) in [5, 5.41) is 14.4. The maximum atomic E-state index is 13.0. The van der Waals surface area contributed by atoms with E-state index in [9.17, 15) is 19.2 Å². The summed E-state index contributed by atoms with van der Waals surface area (Å²) in [6.45, 7) is 1.09. The van der Waals surface area contributed by atoms with Gasteiger partial charge < -0.3 is 25.2 Å². The normalized spacial score (nSPS) is 20.9. The summed E-state index contributed by atoms with van der Waals surface area (Å²) >= 11 is 0. The first kappa shape index (κ1) is 27.0. The van der Waals surface area contributed by atoms with Gasteiger partial charge in [0.05, 0.1) is 12.5 Å². The van der Waals surface area contributed by atoms with Crippen molar-refractivity contribution in [2.45, 2.75) is 64.1 Å². The Labute approximate surface area is 199 Å². The van der Waals surface area contributed by atoms with Gasteiger partial charge in [-0.15, -0.1) is 0 Å². The molecule has 1 heterocycles. The third-order valence-electron chi connectivity index (χ3n) is 5.31. The van der Waals surface area contributed by atoms with Crippen molar-refractivity contribution in [1.29, 1.82) is 0 Å². The van der Waals surface area contributed by atoms with E-state index in [-0.39, 0.29) is 38.6 Å². The first-order chi connectivity index (χ1) is 16.4. The highest BCUT2D eigenvalue weighted by Gasteiger charge is 2.29. The van der Waals surface area contributed by atoms with E-state index < -0.39 is 35.8 Å². The average Bonchev–Trinajstić information content (AvgIpc) is 2.83. The van der Waals surface area contributed by atoms with Gasteiger partial charge in [-0.25, -0.2) is 4.79 Å². The number of ether oxygens (including phenoxy) is 2. The van der Waals surface area contributed by atoms with E-state index in [1.165, 1.54) is 0 Å². The lowest BCUT2D eigenvalue weighted by atomic mass is 9.98. The SMILES string of the molecule is CC(CO)NC(=O)CC1CC=CCCCCC(=O)OCC(C(=O)OCc2ccccc2)NC1=O. The number of aliphatic hydroxyl groups is 1. The Morgan fingerprint density at radius 3 is 2.71 bits per heavy atom. The van der Waals surface area contributed by atoms with E-state index in [0.29, 0.717) is 12.8 Å². The third-order valence-corrected chi connectivity index (χ3v) is 5.31. The maximum Gasteiger partial charge on any atom is 0.332 e. The van der Waals surface area contributed by atoms with E-state index in [1.807, 2.05) is 30.4 Å². The van der Waals surface area contributed by atoms with Crippen LogP contribution in [-0.4, -0.2) is 54.2 Å². The van der Waals surface area contributed by atoms with Gasteiger partial charge in [-0.3, -0.25) is 14.4 Å². The second-order valence-corrected chi connectivity index (χ2v) is 8.34. The average molecular weight is 475 g/mol. The molecule has 0 saturated heterocycles. The first-order valence-corrected chi connectivity index (χ1v) is 11.6. The molecule has 9 nitrogen and oxygen atoms in total. The van der Waals surface area contributed by atoms with Crippen molar-refractivity contribution in [2.75, 3.05) is 13.2 Å². The minimum Gasteiger partial charge on any atom is -0.463 e. The van der Waals surface area contributed by atoms with Crippen LogP contribution in [0.2, 0.25) is 0 Å². The van der Waals surface area contributed by atoms with Crippen LogP contribution in [0.3, 0.4) is 0 Å². The zero-order valence-corrected chi connectivity index (χ0v) is 19.5. The third kappa shape index (κ3) is 10.2. The second-order valence-electron chi connectivity index (χ2n) is 8.34. The quantitative estimate of drug-likeness (QED) is 0.405. The van der Waals surface area contributed by atoms with E-state index in [2.05, 4.69) is 10.6 Å². The Bertz CT molecular complexity index is 841. The van der Waals surface area contributed by atoms with Crippen molar-refractivity contribution in [3.05, 3.63) is 48.0 Å². The summed E-state index contributed by atoms with van der Waals surface area (Å²) in [4.78, 5) is 50.1. The highest BCUT2D eigenvalue weighted by Crippen LogP contribution is 2.14. The lowest BCUT2D eigenvalue weighted by Gasteiger charge is -2.22. The fourth-order valence-electron chi connectivity index (χ4n) is 3.33. The Hall–Kier alpha value is -3.20. The number of hydrogen-bond donors (Lipinski definition) is 3. The molecule has 1 aromatic rings. The molecule has 2 rings (SSSR count). The Morgan fingerprint density at radius 2 is 1.97 bits per heavy atom. The standard InChI is InChI=1S/C25H34N2O7/c1-18(15-28)26-22(29)14-20-12-8-3-2-4-9-13-23(30)33-17-21(27-24(20)31)25(32)34-16-19-10-6-5-7-11-19/h3,5-8,10-11,18,20-21,28H,2,4,9,12-17H2,1H3,(H,26,29)(H,27,31). The molecule has 3 atom stereocenters. The van der Waals surface area contributed by atoms with Crippen LogP contribution in [-0.2, 0) is 35.3 Å². The van der Waals surface area contributed by atoms with Crippen LogP contribution in [0.1, 0.15) is 51.0 Å². The number of esters is 2. The molecule has 2 amide bonds. The van der Waals surface area contributed by atoms with Crippen molar-refractivity contribution >= 4 is 23.8 Å². The Kier molecular flexibility index (Phi) is 11.8. The zero-order chi connectivity index (χ0) is 24.8. The predicted molar refractivity (Wildman–Crippen MR) is 124 cm³/mol. The number of carbonyl (C=O) groups is 4. The highest BCUT2D eigenvalue weighted by atomic mass is 16.6. The molecular weight excluding hydrogens is 440 g/mol. The van der Waals surface area contributed by atoms with Gasteiger partial charge in [0.2, 0.25) is 11.8 Å². The van der Waals surface area contributed by atoms with E-state index >= 15 is 0 Å². The van der Waals surface area contributed by atoms with Crippen molar-refractivity contribution < 1.29 is 33.8 Å². The van der Waals surface area contributed by atoms with Gasteiger partial charge in [-0.05, 0) is 38.2 Å². The van der Waals surface area contributed by atoms with E-state index in [0.717, 1.165) is 18.4 Å². The molecule has 0 spiro atoms. The number of allylic oxidation sites excluding steroid dienone is 2. The predicted octanol–water partition coefficient (Wildman–Crippen LogP) is 1.78. The van der Waals surface area contributed by atoms with E-state index in [1.54, 1.807) is 19.1 Å². The van der Waals surface area contributed by atoms with Gasteiger partial charge in [-0.1, -0.05) is 42.5 Å². The smallest absolute Gasteiger partial charge is 0.332 e. The molecule has 0 aromatic heterocycles. The molecule has 9 heteroatoms. The molecule has 34 heavy (non-hydrogen) atoms. The summed E-state index contributed by atoms with van der Waals surface area (Å²) in [7, 11) is 0. The number of rotatable bonds is 7. The van der Waals surface area contributed by atoms with Gasteiger partial charge in [0.15, 0.2) is 6.04 Å². The Balaban J connectivity index is 2.12. The number of amides is 2. The maximum absolute atomic E-state index is 13.0. The summed E-state index contributed by atoms with van der Waals surface area (Å²) in [5.74, 6) is -2.84. The summed E-state index contributed by atoms with van der Waals surface area (Å²) < 4.78 is 10.6. The van der Waals surface area contributed by atoms with Crippen LogP contribution in [0.15, 0.2) is 42.5 Å². The van der Waals surface area contributed by atoms with Crippen molar-refractivity contribution in [3.8, 4) is 0 Å². The van der Waals surface area contributed by atoms with Gasteiger partial charge in [-0.2, -0.15) is 0 Å². The lowest BCUT2D eigenvalue weighted by Crippen LogP contribution is -2.48. The fraction of sp³-hybridized carbons (Fsp3) is 0.520. The molecular formula is C25H34N2O7. The number of benzene rings is 1. The molecule has 1 aromatic carbocycles. The van der Waals surface area contributed by atoms with Gasteiger partial charge in [0, 0.05) is 18.9 Å². The van der Waals surface area contributed by atoms with Gasteiger partial charge in [0.1, 0.15) is 13.2 Å². The van der Waals surface area contributed by atoms with Crippen LogP contribution >= 0.6 is 0 Å². The number of aliphatic hydroxyl groups excluding tert-OH is 1. The number of hydrogen-bond acceptors (Lipinski definition) is 7. The molecule has 186 valence electrons. The number of cyclic esters (lactones) is 1. The van der Waals surface area contributed by atoms with Crippen LogP contribution in [0.4, 0.5) is 0 Å². The summed E-state index contributed by atoms with van der Waals surface area (Å²) in [6.07, 6.45) is 6.31. The van der Waals surface area contributed by atoms with Crippen molar-refractivity contribution in [2.24, 2.45) is 5.92 Å². The number of nitrogens with one attached hydrogen (secondary N) is 2. The molecule has 0 radical (unpaired) electrons. The Morgan fingerprint density at radius 1 is 1.21 bits per heavy atom. The first-order valence-electron chi connectivity index (χ1n) is 11.6. The van der Waals surface area contributed by atoms with Crippen LogP contribution in [0.25, 0.3) is 0 Å². The van der Waals surface area contributed by atoms with Gasteiger partial charge in [0.25, 0.3) is 0 Å². The molecule has 0 bridgehead atoms. The topological polar surface area (TPSA) is 131 Å². The molecule has 3 N–H and O–H groups in total. The van der Waals surface area contributed by atoms with Crippen LogP contribution in [0.5, 0.6) is 0 Å². The van der Waals surface area contributed by atoms with Crippen LogP contribution in [0, 0.1) is 5.92 Å². The monoisotopic (exact) mass is 474 g/mol. The fourth-order valence-corrected chi connectivity index (χ4v) is 3.33. The minimum absolute atomic E-state index is 0.00755. The van der Waals surface area contributed by atoms with Crippen molar-refractivity contribution in [3.63, 3.8) is 0 Å². The summed E-state index contributed by atoms with van der Waals surface area (Å²) in [6, 6.07) is 7.43.